The number of benzene rings is 2. The second-order valence-electron chi connectivity index (χ2n) is 7.58. The lowest BCUT2D eigenvalue weighted by Crippen LogP contribution is -2.29. The molecule has 0 radical (unpaired) electrons. The number of ether oxygens (including phenoxy) is 3. The van der Waals surface area contributed by atoms with Crippen molar-refractivity contribution in [2.24, 2.45) is 0 Å². The minimum Gasteiger partial charge on any atom is -0.493 e. The number of halogens is 1. The molecule has 1 aliphatic rings. The van der Waals surface area contributed by atoms with Crippen LogP contribution in [0.5, 0.6) is 11.5 Å². The number of fused-ring (bicyclic) bond motifs is 2. The first-order chi connectivity index (χ1) is 15.8. The van der Waals surface area contributed by atoms with E-state index in [0.29, 0.717) is 22.0 Å². The highest BCUT2D eigenvalue weighted by Gasteiger charge is 2.25. The van der Waals surface area contributed by atoms with Gasteiger partial charge >= 0.3 is 0 Å². The average molecular weight is 494 g/mol. The highest BCUT2D eigenvalue weighted by atomic mass is 35.5. The minimum atomic E-state index is -3.67. The van der Waals surface area contributed by atoms with E-state index in [1.165, 1.54) is 26.1 Å². The molecule has 0 fully saturated rings. The van der Waals surface area contributed by atoms with Crippen molar-refractivity contribution < 1.29 is 26.8 Å². The first-order valence-electron chi connectivity index (χ1n) is 10.2. The second kappa shape index (κ2) is 9.68. The molecule has 1 atom stereocenters. The van der Waals surface area contributed by atoms with Gasteiger partial charge < -0.3 is 19.1 Å². The van der Waals surface area contributed by atoms with Gasteiger partial charge in [0, 0.05) is 35.8 Å². The van der Waals surface area contributed by atoms with Gasteiger partial charge in [0.1, 0.15) is 24.9 Å². The van der Waals surface area contributed by atoms with Gasteiger partial charge in [0.15, 0.2) is 11.5 Å². The Morgan fingerprint density at radius 3 is 2.67 bits per heavy atom. The predicted molar refractivity (Wildman–Crippen MR) is 125 cm³/mol. The summed E-state index contributed by atoms with van der Waals surface area (Å²) in [5.41, 5.74) is 2.87. The number of hydrogen-bond acceptors (Lipinski definition) is 9. The van der Waals surface area contributed by atoms with Crippen LogP contribution in [0, 0.1) is 0 Å². The van der Waals surface area contributed by atoms with E-state index in [-0.39, 0.29) is 13.2 Å². The third-order valence-corrected chi connectivity index (χ3v) is 6.04. The van der Waals surface area contributed by atoms with Crippen molar-refractivity contribution in [2.75, 3.05) is 45.1 Å². The SMILES string of the molecule is COCC(COc1cc2ncnc(N3CCc4ccc(Cl)cc43)c2cc1OC)OS(C)(=O)=O. The third-order valence-electron chi connectivity index (χ3n) is 5.19. The van der Waals surface area contributed by atoms with Gasteiger partial charge in [-0.05, 0) is 30.2 Å². The molecule has 1 aromatic heterocycles. The maximum atomic E-state index is 11.5. The van der Waals surface area contributed by atoms with E-state index in [9.17, 15) is 8.42 Å². The fraction of sp³-hybridized carbons (Fsp3) is 0.364. The van der Waals surface area contributed by atoms with Crippen LogP contribution in [0.25, 0.3) is 10.9 Å². The zero-order chi connectivity index (χ0) is 23.6. The van der Waals surface area contributed by atoms with Crippen molar-refractivity contribution in [2.45, 2.75) is 12.5 Å². The highest BCUT2D eigenvalue weighted by molar-refractivity contribution is 7.86. The normalized spacial score (nSPS) is 14.4. The molecule has 11 heteroatoms. The van der Waals surface area contributed by atoms with Crippen molar-refractivity contribution >= 4 is 44.1 Å². The van der Waals surface area contributed by atoms with Crippen LogP contribution < -0.4 is 14.4 Å². The average Bonchev–Trinajstić information content (AvgIpc) is 3.18. The van der Waals surface area contributed by atoms with E-state index in [4.69, 9.17) is 30.0 Å². The van der Waals surface area contributed by atoms with Gasteiger partial charge in [0.05, 0.1) is 25.5 Å². The molecule has 2 aromatic carbocycles. The molecule has 1 unspecified atom stereocenters. The minimum absolute atomic E-state index is 0.0478. The monoisotopic (exact) mass is 493 g/mol. The number of rotatable bonds is 9. The first kappa shape index (κ1) is 23.5. The van der Waals surface area contributed by atoms with Gasteiger partial charge in [0.2, 0.25) is 0 Å². The van der Waals surface area contributed by atoms with E-state index in [2.05, 4.69) is 14.9 Å². The molecular formula is C22H24ClN3O6S. The standard InChI is InChI=1S/C22H24ClN3O6S/c1-29-11-16(32-33(3,27)28)12-31-21-10-18-17(9-20(21)30-2)22(25-13-24-18)26-7-6-14-4-5-15(23)8-19(14)26/h4-5,8-10,13,16H,6-7,11-12H2,1-3H3. The lowest BCUT2D eigenvalue weighted by molar-refractivity contribution is 0.0524. The van der Waals surface area contributed by atoms with Crippen molar-refractivity contribution in [3.63, 3.8) is 0 Å². The van der Waals surface area contributed by atoms with Crippen LogP contribution >= 0.6 is 11.6 Å². The van der Waals surface area contributed by atoms with Gasteiger partial charge in [-0.15, -0.1) is 0 Å². The quantitative estimate of drug-likeness (QED) is 0.415. The van der Waals surface area contributed by atoms with Crippen LogP contribution in [0.15, 0.2) is 36.7 Å². The first-order valence-corrected chi connectivity index (χ1v) is 12.4. The predicted octanol–water partition coefficient (Wildman–Crippen LogP) is 3.36. The molecule has 1 aliphatic heterocycles. The fourth-order valence-electron chi connectivity index (χ4n) is 3.83. The maximum absolute atomic E-state index is 11.5. The Kier molecular flexibility index (Phi) is 6.89. The summed E-state index contributed by atoms with van der Waals surface area (Å²) in [6.45, 7) is 0.759. The van der Waals surface area contributed by atoms with Gasteiger partial charge in [-0.1, -0.05) is 17.7 Å². The fourth-order valence-corrected chi connectivity index (χ4v) is 4.60. The van der Waals surface area contributed by atoms with Crippen LogP contribution in [0.1, 0.15) is 5.56 Å². The Balaban J connectivity index is 1.66. The molecule has 0 aliphatic carbocycles. The summed E-state index contributed by atoms with van der Waals surface area (Å²) in [5.74, 6) is 1.60. The van der Waals surface area contributed by atoms with Crippen molar-refractivity contribution in [1.82, 2.24) is 9.97 Å². The van der Waals surface area contributed by atoms with Crippen molar-refractivity contribution in [3.8, 4) is 11.5 Å². The molecule has 0 saturated carbocycles. The Labute approximate surface area is 197 Å². The highest BCUT2D eigenvalue weighted by Crippen LogP contribution is 2.40. The van der Waals surface area contributed by atoms with E-state index in [1.807, 2.05) is 24.3 Å². The molecule has 2 heterocycles. The van der Waals surface area contributed by atoms with Gasteiger partial charge in [-0.2, -0.15) is 8.42 Å². The molecule has 0 saturated heterocycles. The molecule has 4 rings (SSSR count). The van der Waals surface area contributed by atoms with Crippen LogP contribution in [-0.2, 0) is 25.5 Å². The molecule has 0 spiro atoms. The molecule has 33 heavy (non-hydrogen) atoms. The number of nitrogens with zero attached hydrogens (tertiary/aromatic N) is 3. The Morgan fingerprint density at radius 1 is 1.12 bits per heavy atom. The van der Waals surface area contributed by atoms with Crippen LogP contribution in [0.4, 0.5) is 11.5 Å². The molecule has 3 aromatic rings. The molecule has 9 nitrogen and oxygen atoms in total. The topological polar surface area (TPSA) is 100 Å². The van der Waals surface area contributed by atoms with E-state index in [1.54, 1.807) is 6.07 Å². The van der Waals surface area contributed by atoms with Crippen LogP contribution in [0.3, 0.4) is 0 Å². The Hall–Kier alpha value is -2.66. The molecule has 0 amide bonds. The van der Waals surface area contributed by atoms with Crippen LogP contribution in [-0.4, -0.2) is 64.7 Å². The number of methoxy groups -OCH3 is 2. The van der Waals surface area contributed by atoms with Crippen molar-refractivity contribution in [1.29, 1.82) is 0 Å². The van der Waals surface area contributed by atoms with E-state index >= 15 is 0 Å². The van der Waals surface area contributed by atoms with Gasteiger partial charge in [-0.3, -0.25) is 4.18 Å². The zero-order valence-electron chi connectivity index (χ0n) is 18.4. The lowest BCUT2D eigenvalue weighted by atomic mass is 10.1. The van der Waals surface area contributed by atoms with Crippen LogP contribution in [0.2, 0.25) is 5.02 Å². The smallest absolute Gasteiger partial charge is 0.264 e. The summed E-state index contributed by atoms with van der Waals surface area (Å²) in [6, 6.07) is 9.40. The van der Waals surface area contributed by atoms with E-state index < -0.39 is 16.2 Å². The lowest BCUT2D eigenvalue weighted by Gasteiger charge is -2.21. The largest absolute Gasteiger partial charge is 0.493 e. The summed E-state index contributed by atoms with van der Waals surface area (Å²) in [7, 11) is -0.684. The number of hydrogen-bond donors (Lipinski definition) is 0. The molecule has 0 bridgehead atoms. The summed E-state index contributed by atoms with van der Waals surface area (Å²) < 4.78 is 44.5. The summed E-state index contributed by atoms with van der Waals surface area (Å²) >= 11 is 6.23. The maximum Gasteiger partial charge on any atom is 0.264 e. The van der Waals surface area contributed by atoms with Gasteiger partial charge in [0.25, 0.3) is 10.1 Å². The Bertz CT molecular complexity index is 1270. The Morgan fingerprint density at radius 2 is 1.94 bits per heavy atom. The second-order valence-corrected chi connectivity index (χ2v) is 9.62. The zero-order valence-corrected chi connectivity index (χ0v) is 20.0. The molecular weight excluding hydrogens is 470 g/mol. The van der Waals surface area contributed by atoms with Gasteiger partial charge in [-0.25, -0.2) is 9.97 Å². The van der Waals surface area contributed by atoms with Crippen molar-refractivity contribution in [3.05, 3.63) is 47.2 Å². The number of aromatic nitrogens is 2. The summed E-state index contributed by atoms with van der Waals surface area (Å²) in [4.78, 5) is 11.0. The number of anilines is 2. The molecule has 176 valence electrons. The van der Waals surface area contributed by atoms with E-state index in [0.717, 1.165) is 36.1 Å². The summed E-state index contributed by atoms with van der Waals surface area (Å²) in [5, 5.41) is 1.45. The summed E-state index contributed by atoms with van der Waals surface area (Å²) in [6.07, 6.45) is 2.56. The third kappa shape index (κ3) is 5.30. The molecule has 0 N–H and O–H groups in total.